The maximum Gasteiger partial charge on any atom is 0.334 e. The van der Waals surface area contributed by atoms with Crippen molar-refractivity contribution in [2.24, 2.45) is 29.1 Å². The molecule has 2 fully saturated rings. The van der Waals surface area contributed by atoms with Crippen molar-refractivity contribution < 1.29 is 28.7 Å². The highest BCUT2D eigenvalue weighted by atomic mass is 16.5. The molecule has 0 aliphatic heterocycles. The molecule has 5 atom stereocenters. The van der Waals surface area contributed by atoms with Crippen LogP contribution >= 0.6 is 0 Å². The molecule has 2 saturated carbocycles. The number of unbranched alkanes of at least 4 members (excludes halogenated alkanes) is 4. The largest absolute Gasteiger partial charge is 0.469 e. The number of hydrogen-bond donors (Lipinski definition) is 0. The molecule has 186 valence electrons. The average Bonchev–Trinajstić information content (AvgIpc) is 3.17. The van der Waals surface area contributed by atoms with Gasteiger partial charge in [0.2, 0.25) is 5.41 Å². The zero-order valence-electron chi connectivity index (χ0n) is 20.6. The van der Waals surface area contributed by atoms with Crippen LogP contribution in [0.2, 0.25) is 0 Å². The van der Waals surface area contributed by atoms with Crippen LogP contribution in [0.3, 0.4) is 0 Å². The third-order valence-corrected chi connectivity index (χ3v) is 7.25. The molecule has 0 N–H and O–H groups in total. The Balaban J connectivity index is 2.24. The van der Waals surface area contributed by atoms with E-state index in [-0.39, 0.29) is 42.3 Å². The van der Waals surface area contributed by atoms with Crippen molar-refractivity contribution in [3.8, 4) is 6.07 Å². The van der Waals surface area contributed by atoms with Crippen LogP contribution in [-0.4, -0.2) is 37.7 Å². The number of rotatable bonds is 12. The topological polar surface area (TPSA) is 111 Å². The van der Waals surface area contributed by atoms with Gasteiger partial charge in [-0.1, -0.05) is 44.1 Å². The zero-order valence-corrected chi connectivity index (χ0v) is 20.6. The second kappa shape index (κ2) is 13.2. The lowest BCUT2D eigenvalue weighted by atomic mass is 9.57. The second-order valence-corrected chi connectivity index (χ2v) is 9.26. The minimum Gasteiger partial charge on any atom is -0.469 e. The maximum absolute atomic E-state index is 13.1. The number of fused-ring (bicyclic) bond motifs is 1. The molecule has 0 aromatic rings. The lowest BCUT2D eigenvalue weighted by molar-refractivity contribution is -0.162. The third-order valence-electron chi connectivity index (χ3n) is 7.25. The Morgan fingerprint density at radius 3 is 2.44 bits per heavy atom. The number of Topliss-reactive ketones (excluding diaryl/α,β-unsaturated/α-hetero) is 2. The number of methoxy groups -OCH3 is 2. The molecule has 0 bridgehead atoms. The summed E-state index contributed by atoms with van der Waals surface area (Å²) in [5, 5.41) is 9.98. The normalized spacial score (nSPS) is 28.8. The lowest BCUT2D eigenvalue weighted by Gasteiger charge is -2.42. The molecule has 7 nitrogen and oxygen atoms in total. The van der Waals surface area contributed by atoms with E-state index < -0.39 is 23.1 Å². The van der Waals surface area contributed by atoms with Gasteiger partial charge in [-0.05, 0) is 43.9 Å². The van der Waals surface area contributed by atoms with Crippen molar-refractivity contribution in [1.29, 1.82) is 5.26 Å². The third kappa shape index (κ3) is 6.02. The molecule has 0 aromatic carbocycles. The molecular weight excluding hydrogens is 434 g/mol. The summed E-state index contributed by atoms with van der Waals surface area (Å²) in [5.41, 5.74) is -1.92. The van der Waals surface area contributed by atoms with E-state index >= 15 is 0 Å². The summed E-state index contributed by atoms with van der Waals surface area (Å²) < 4.78 is 9.52. The van der Waals surface area contributed by atoms with Crippen molar-refractivity contribution in [1.82, 2.24) is 0 Å². The van der Waals surface area contributed by atoms with Gasteiger partial charge >= 0.3 is 11.9 Å². The molecule has 2 aliphatic carbocycles. The van der Waals surface area contributed by atoms with Gasteiger partial charge in [0.1, 0.15) is 5.78 Å². The number of nitriles is 1. The number of ether oxygens (including phenoxy) is 2. The maximum atomic E-state index is 13.1. The molecule has 34 heavy (non-hydrogen) atoms. The first-order chi connectivity index (χ1) is 16.4. The minimum atomic E-state index is -1.92. The number of carbonyl (C=O) groups excluding carboxylic acids is 4. The molecular formula is C27H37NO6. The summed E-state index contributed by atoms with van der Waals surface area (Å²) in [6.45, 7) is 2.14. The molecule has 0 radical (unpaired) electrons. The molecule has 0 saturated heterocycles. The Morgan fingerprint density at radius 1 is 1.06 bits per heavy atom. The van der Waals surface area contributed by atoms with Crippen LogP contribution in [0.25, 0.3) is 0 Å². The number of esters is 2. The van der Waals surface area contributed by atoms with Gasteiger partial charge in [0.25, 0.3) is 0 Å². The first-order valence-corrected chi connectivity index (χ1v) is 12.3. The zero-order chi connectivity index (χ0) is 25.1. The molecule has 2 aliphatic rings. The Bertz CT molecular complexity index is 854. The minimum absolute atomic E-state index is 0.0168. The average molecular weight is 472 g/mol. The smallest absolute Gasteiger partial charge is 0.334 e. The molecule has 0 spiro atoms. The fourth-order valence-corrected chi connectivity index (χ4v) is 5.47. The van der Waals surface area contributed by atoms with E-state index in [1.54, 1.807) is 0 Å². The fourth-order valence-electron chi connectivity index (χ4n) is 5.47. The highest BCUT2D eigenvalue weighted by Crippen LogP contribution is 2.55. The van der Waals surface area contributed by atoms with E-state index in [0.717, 1.165) is 25.7 Å². The van der Waals surface area contributed by atoms with Crippen molar-refractivity contribution in [3.63, 3.8) is 0 Å². The predicted octanol–water partition coefficient (Wildman–Crippen LogP) is 4.51. The van der Waals surface area contributed by atoms with E-state index in [1.807, 2.05) is 24.3 Å². The van der Waals surface area contributed by atoms with Gasteiger partial charge in [-0.25, -0.2) is 4.79 Å². The van der Waals surface area contributed by atoms with Crippen LogP contribution in [0.1, 0.15) is 71.1 Å². The van der Waals surface area contributed by atoms with Gasteiger partial charge in [0.05, 0.1) is 20.3 Å². The Kier molecular flexibility index (Phi) is 10.7. The van der Waals surface area contributed by atoms with Crippen LogP contribution in [0.15, 0.2) is 24.3 Å². The number of carbonyl (C=O) groups is 4. The van der Waals surface area contributed by atoms with Gasteiger partial charge in [-0.15, -0.1) is 0 Å². The monoisotopic (exact) mass is 471 g/mol. The highest BCUT2D eigenvalue weighted by Gasteiger charge is 2.65. The van der Waals surface area contributed by atoms with Crippen molar-refractivity contribution >= 4 is 23.5 Å². The number of allylic oxidation sites excluding steroid dienone is 4. The van der Waals surface area contributed by atoms with Gasteiger partial charge in [-0.2, -0.15) is 5.26 Å². The predicted molar refractivity (Wildman–Crippen MR) is 126 cm³/mol. The Hall–Kier alpha value is -2.75. The van der Waals surface area contributed by atoms with Crippen LogP contribution in [0.5, 0.6) is 0 Å². The number of hydrogen-bond acceptors (Lipinski definition) is 7. The van der Waals surface area contributed by atoms with Gasteiger partial charge in [0, 0.05) is 31.1 Å². The summed E-state index contributed by atoms with van der Waals surface area (Å²) in [7, 11) is 2.54. The first kappa shape index (κ1) is 27.5. The summed E-state index contributed by atoms with van der Waals surface area (Å²) in [6.07, 6.45) is 14.4. The van der Waals surface area contributed by atoms with E-state index in [4.69, 9.17) is 4.74 Å². The van der Waals surface area contributed by atoms with E-state index in [9.17, 15) is 24.4 Å². The summed E-state index contributed by atoms with van der Waals surface area (Å²) >= 11 is 0. The van der Waals surface area contributed by atoms with Crippen LogP contribution in [0.4, 0.5) is 0 Å². The van der Waals surface area contributed by atoms with E-state index in [2.05, 4.69) is 17.7 Å². The van der Waals surface area contributed by atoms with Crippen LogP contribution in [0, 0.1) is 40.4 Å². The van der Waals surface area contributed by atoms with Crippen LogP contribution < -0.4 is 0 Å². The SMILES string of the molecule is CCCCC/C=C/C1CC(=O)C(C#N)(C(=O)OC)[C@@H]2CC(=O)[C@H](C/C=C\CCCC(=O)OC)C12. The molecule has 0 heterocycles. The van der Waals surface area contributed by atoms with Crippen LogP contribution in [-0.2, 0) is 28.7 Å². The van der Waals surface area contributed by atoms with E-state index in [1.165, 1.54) is 14.2 Å². The van der Waals surface area contributed by atoms with Crippen molar-refractivity contribution in [2.45, 2.75) is 71.1 Å². The molecule has 3 unspecified atom stereocenters. The quantitative estimate of drug-likeness (QED) is 0.178. The van der Waals surface area contributed by atoms with Crippen molar-refractivity contribution in [3.05, 3.63) is 24.3 Å². The number of ketones is 2. The first-order valence-electron chi connectivity index (χ1n) is 12.3. The Morgan fingerprint density at radius 2 is 1.79 bits per heavy atom. The fraction of sp³-hybridized carbons (Fsp3) is 0.667. The second-order valence-electron chi connectivity index (χ2n) is 9.26. The van der Waals surface area contributed by atoms with Gasteiger partial charge in [-0.3, -0.25) is 14.4 Å². The van der Waals surface area contributed by atoms with Gasteiger partial charge in [0.15, 0.2) is 5.78 Å². The number of nitrogens with zero attached hydrogens (tertiary/aromatic N) is 1. The lowest BCUT2D eigenvalue weighted by Crippen LogP contribution is -2.53. The Labute approximate surface area is 202 Å². The highest BCUT2D eigenvalue weighted by molar-refractivity contribution is 6.09. The molecule has 0 aromatic heterocycles. The summed E-state index contributed by atoms with van der Waals surface area (Å²) in [4.78, 5) is 50.2. The summed E-state index contributed by atoms with van der Waals surface area (Å²) in [6, 6.07) is 1.97. The van der Waals surface area contributed by atoms with Crippen molar-refractivity contribution in [2.75, 3.05) is 14.2 Å². The molecule has 0 amide bonds. The standard InChI is InChI=1S/C27H37NO6/c1-4-5-6-7-10-13-19-16-23(30)27(18-28,26(32)34-3)21-17-22(29)20(25(19)21)14-11-8-9-12-15-24(31)33-2/h8,10-11,13,19-21,25H,4-7,9,12,14-17H2,1-3H3/b11-8-,13-10+/t19?,20-,21+,25?,27?/m0/s1. The van der Waals surface area contributed by atoms with Gasteiger partial charge < -0.3 is 9.47 Å². The molecule has 7 heteroatoms. The summed E-state index contributed by atoms with van der Waals surface area (Å²) in [5.74, 6) is -3.07. The van der Waals surface area contributed by atoms with E-state index in [0.29, 0.717) is 25.7 Å². The molecule has 2 rings (SSSR count).